The maximum Gasteiger partial charge on any atom is 0.278 e. The molecule has 0 N–H and O–H groups in total. The number of hydrogen-bond donors (Lipinski definition) is 0. The van der Waals surface area contributed by atoms with Gasteiger partial charge >= 0.3 is 0 Å². The first kappa shape index (κ1) is 13.9. The van der Waals surface area contributed by atoms with Gasteiger partial charge in [-0.15, -0.1) is 0 Å². The van der Waals surface area contributed by atoms with Crippen molar-refractivity contribution in [3.8, 4) is 0 Å². The van der Waals surface area contributed by atoms with Gasteiger partial charge in [0.25, 0.3) is 5.56 Å². The highest BCUT2D eigenvalue weighted by Crippen LogP contribution is 2.24. The van der Waals surface area contributed by atoms with Gasteiger partial charge in [0.2, 0.25) is 10.0 Å². The van der Waals surface area contributed by atoms with Crippen LogP contribution in [0.2, 0.25) is 0 Å². The summed E-state index contributed by atoms with van der Waals surface area (Å²) in [5, 5.41) is 0. The fourth-order valence-corrected chi connectivity index (χ4v) is 3.14. The van der Waals surface area contributed by atoms with Crippen LogP contribution in [0.1, 0.15) is 5.56 Å². The van der Waals surface area contributed by atoms with Gasteiger partial charge in [-0.2, -0.15) is 0 Å². The van der Waals surface area contributed by atoms with Crippen LogP contribution in [-0.2, 0) is 10.0 Å². The van der Waals surface area contributed by atoms with E-state index in [1.54, 1.807) is 12.1 Å². The van der Waals surface area contributed by atoms with E-state index >= 15 is 0 Å². The highest BCUT2D eigenvalue weighted by atomic mass is 32.2. The SMILES string of the molecule is Cc1ccc(Sc2cccn(S(C)(=O)=O)c2=O)cc1. The summed E-state index contributed by atoms with van der Waals surface area (Å²) in [7, 11) is -3.56. The second-order valence-electron chi connectivity index (χ2n) is 4.15. The third kappa shape index (κ3) is 3.27. The molecule has 100 valence electrons. The number of benzene rings is 1. The van der Waals surface area contributed by atoms with E-state index in [9.17, 15) is 13.2 Å². The van der Waals surface area contributed by atoms with Gasteiger partial charge in [-0.1, -0.05) is 29.5 Å². The van der Waals surface area contributed by atoms with Crippen molar-refractivity contribution in [3.05, 3.63) is 58.5 Å². The zero-order valence-corrected chi connectivity index (χ0v) is 12.2. The standard InChI is InChI=1S/C13H13NO3S2/c1-10-5-7-11(8-6-10)18-12-4-3-9-14(13(12)15)19(2,16)17/h3-9H,1-2H3. The van der Waals surface area contributed by atoms with Crippen LogP contribution in [0.15, 0.2) is 57.2 Å². The van der Waals surface area contributed by atoms with E-state index in [2.05, 4.69) is 0 Å². The van der Waals surface area contributed by atoms with Crippen molar-refractivity contribution < 1.29 is 8.42 Å². The summed E-state index contributed by atoms with van der Waals surface area (Å²) in [5.74, 6) is 0. The molecule has 0 bridgehead atoms. The molecule has 1 aromatic heterocycles. The average molecular weight is 295 g/mol. The predicted octanol–water partition coefficient (Wildman–Crippen LogP) is 2.12. The van der Waals surface area contributed by atoms with Crippen LogP contribution in [0.5, 0.6) is 0 Å². The zero-order valence-electron chi connectivity index (χ0n) is 10.5. The molecule has 0 radical (unpaired) electrons. The molecule has 0 spiro atoms. The zero-order chi connectivity index (χ0) is 14.0. The van der Waals surface area contributed by atoms with E-state index in [1.165, 1.54) is 18.0 Å². The Bertz CT molecular complexity index is 746. The fraction of sp³-hybridized carbons (Fsp3) is 0.154. The van der Waals surface area contributed by atoms with Crippen LogP contribution >= 0.6 is 11.8 Å². The van der Waals surface area contributed by atoms with Gasteiger partial charge in [-0.3, -0.25) is 4.79 Å². The van der Waals surface area contributed by atoms with Gasteiger partial charge in [0.1, 0.15) is 0 Å². The molecular formula is C13H13NO3S2. The lowest BCUT2D eigenvalue weighted by molar-refractivity contribution is 0.590. The highest BCUT2D eigenvalue weighted by Gasteiger charge is 2.11. The second-order valence-corrected chi connectivity index (χ2v) is 7.13. The molecule has 0 aliphatic rings. The lowest BCUT2D eigenvalue weighted by Gasteiger charge is -2.05. The lowest BCUT2D eigenvalue weighted by Crippen LogP contribution is -2.26. The van der Waals surface area contributed by atoms with Crippen LogP contribution in [0.4, 0.5) is 0 Å². The first-order valence-electron chi connectivity index (χ1n) is 5.55. The number of aryl methyl sites for hydroxylation is 1. The topological polar surface area (TPSA) is 56.1 Å². The summed E-state index contributed by atoms with van der Waals surface area (Å²) in [5.41, 5.74) is 0.613. The van der Waals surface area contributed by atoms with Gasteiger partial charge < -0.3 is 0 Å². The summed E-state index contributed by atoms with van der Waals surface area (Å²) in [6.45, 7) is 1.98. The minimum atomic E-state index is -3.56. The van der Waals surface area contributed by atoms with Crippen LogP contribution in [-0.4, -0.2) is 18.6 Å². The van der Waals surface area contributed by atoms with E-state index in [0.29, 0.717) is 4.90 Å². The van der Waals surface area contributed by atoms with Gasteiger partial charge in [-0.25, -0.2) is 12.4 Å². The predicted molar refractivity (Wildman–Crippen MR) is 76.2 cm³/mol. The van der Waals surface area contributed by atoms with Crippen LogP contribution in [0.25, 0.3) is 0 Å². The van der Waals surface area contributed by atoms with E-state index in [1.807, 2.05) is 31.2 Å². The largest absolute Gasteiger partial charge is 0.278 e. The summed E-state index contributed by atoms with van der Waals surface area (Å²) in [6.07, 6.45) is 2.27. The molecule has 6 heteroatoms. The molecule has 0 unspecified atom stereocenters. The normalized spacial score (nSPS) is 11.5. The van der Waals surface area contributed by atoms with Crippen molar-refractivity contribution in [1.82, 2.24) is 3.97 Å². The molecule has 4 nitrogen and oxygen atoms in total. The molecule has 1 aromatic carbocycles. The van der Waals surface area contributed by atoms with Crippen molar-refractivity contribution in [2.24, 2.45) is 0 Å². The molecule has 2 rings (SSSR count). The first-order valence-corrected chi connectivity index (χ1v) is 8.21. The summed E-state index contributed by atoms with van der Waals surface area (Å²) in [4.78, 5) is 13.3. The fourth-order valence-electron chi connectivity index (χ4n) is 1.53. The Morgan fingerprint density at radius 1 is 1.11 bits per heavy atom. The number of hydrogen-bond acceptors (Lipinski definition) is 4. The molecule has 0 fully saturated rings. The molecule has 0 aliphatic carbocycles. The molecule has 0 saturated carbocycles. The molecular weight excluding hydrogens is 282 g/mol. The summed E-state index contributed by atoms with van der Waals surface area (Å²) >= 11 is 1.26. The average Bonchev–Trinajstić information content (AvgIpc) is 2.33. The lowest BCUT2D eigenvalue weighted by atomic mass is 10.2. The summed E-state index contributed by atoms with van der Waals surface area (Å²) < 4.78 is 23.7. The summed E-state index contributed by atoms with van der Waals surface area (Å²) in [6, 6.07) is 10.9. The molecule has 1 heterocycles. The monoisotopic (exact) mass is 295 g/mol. The molecule has 0 amide bonds. The minimum Gasteiger partial charge on any atom is -0.267 e. The van der Waals surface area contributed by atoms with Crippen molar-refractivity contribution in [1.29, 1.82) is 0 Å². The van der Waals surface area contributed by atoms with E-state index in [0.717, 1.165) is 20.7 Å². The van der Waals surface area contributed by atoms with Crippen LogP contribution < -0.4 is 5.56 Å². The number of rotatable bonds is 3. The van der Waals surface area contributed by atoms with Crippen molar-refractivity contribution >= 4 is 21.8 Å². The Morgan fingerprint density at radius 3 is 2.32 bits per heavy atom. The highest BCUT2D eigenvalue weighted by molar-refractivity contribution is 7.99. The third-order valence-electron chi connectivity index (χ3n) is 2.49. The third-order valence-corrected chi connectivity index (χ3v) is 4.53. The number of pyridine rings is 1. The van der Waals surface area contributed by atoms with Gasteiger partial charge in [0.05, 0.1) is 11.2 Å². The minimum absolute atomic E-state index is 0.386. The Balaban J connectivity index is 2.42. The Morgan fingerprint density at radius 2 is 1.74 bits per heavy atom. The van der Waals surface area contributed by atoms with E-state index in [4.69, 9.17) is 0 Å². The van der Waals surface area contributed by atoms with Crippen LogP contribution in [0, 0.1) is 6.92 Å². The molecule has 19 heavy (non-hydrogen) atoms. The number of aromatic nitrogens is 1. The Hall–Kier alpha value is -1.53. The molecule has 0 aliphatic heterocycles. The molecule has 2 aromatic rings. The first-order chi connectivity index (χ1) is 8.88. The quantitative estimate of drug-likeness (QED) is 0.870. The van der Waals surface area contributed by atoms with Crippen molar-refractivity contribution in [2.45, 2.75) is 16.7 Å². The maximum atomic E-state index is 12.0. The van der Waals surface area contributed by atoms with E-state index in [-0.39, 0.29) is 0 Å². The van der Waals surface area contributed by atoms with Gasteiger partial charge in [-0.05, 0) is 31.2 Å². The van der Waals surface area contributed by atoms with Crippen LogP contribution in [0.3, 0.4) is 0 Å². The Labute approximate surface area is 116 Å². The van der Waals surface area contributed by atoms with E-state index < -0.39 is 15.6 Å². The van der Waals surface area contributed by atoms with Gasteiger partial charge in [0, 0.05) is 11.1 Å². The van der Waals surface area contributed by atoms with Gasteiger partial charge in [0.15, 0.2) is 0 Å². The number of nitrogens with zero attached hydrogens (tertiary/aromatic N) is 1. The second kappa shape index (κ2) is 5.22. The molecule has 0 atom stereocenters. The smallest absolute Gasteiger partial charge is 0.267 e. The van der Waals surface area contributed by atoms with Crippen molar-refractivity contribution in [3.63, 3.8) is 0 Å². The Kier molecular flexibility index (Phi) is 3.82. The van der Waals surface area contributed by atoms with Crippen molar-refractivity contribution in [2.75, 3.05) is 6.26 Å². The molecule has 0 saturated heterocycles. The maximum absolute atomic E-state index is 12.0.